The van der Waals surface area contributed by atoms with Gasteiger partial charge < -0.3 is 9.64 Å². The minimum atomic E-state index is 0.727. The van der Waals surface area contributed by atoms with Gasteiger partial charge in [-0.05, 0) is 36.4 Å². The van der Waals surface area contributed by atoms with E-state index >= 15 is 0 Å². The highest BCUT2D eigenvalue weighted by Gasteiger charge is 2.24. The first-order valence-electron chi connectivity index (χ1n) is 6.70. The molecule has 0 N–H and O–H groups in total. The lowest BCUT2D eigenvalue weighted by molar-refractivity contribution is 0.420. The van der Waals surface area contributed by atoms with Crippen molar-refractivity contribution in [3.8, 4) is 17.0 Å². The molecule has 0 unspecified atom stereocenters. The first-order valence-corrected chi connectivity index (χ1v) is 7.08. The summed E-state index contributed by atoms with van der Waals surface area (Å²) in [5, 5.41) is 2.92. The van der Waals surface area contributed by atoms with Gasteiger partial charge >= 0.3 is 0 Å². The second-order valence-corrected chi connectivity index (χ2v) is 5.53. The second-order valence-electron chi connectivity index (χ2n) is 5.09. The van der Waals surface area contributed by atoms with Crippen LogP contribution in [0.3, 0.4) is 0 Å². The average Bonchev–Trinajstić information content (AvgIpc) is 2.52. The SMILES string of the molecule is COc1ccc2c3c(nccc13)-c1ccc(Cl)cc1N2C. The second kappa shape index (κ2) is 4.37. The highest BCUT2D eigenvalue weighted by molar-refractivity contribution is 6.31. The molecule has 2 heterocycles. The summed E-state index contributed by atoms with van der Waals surface area (Å²) in [5.74, 6) is 0.864. The highest BCUT2D eigenvalue weighted by atomic mass is 35.5. The summed E-state index contributed by atoms with van der Waals surface area (Å²) in [6.45, 7) is 0. The van der Waals surface area contributed by atoms with Crippen LogP contribution in [0.2, 0.25) is 5.02 Å². The van der Waals surface area contributed by atoms with Crippen LogP contribution in [0.4, 0.5) is 11.4 Å². The first-order chi connectivity index (χ1) is 10.2. The minimum Gasteiger partial charge on any atom is -0.496 e. The molecule has 0 fully saturated rings. The number of aromatic nitrogens is 1. The Morgan fingerprint density at radius 2 is 1.95 bits per heavy atom. The van der Waals surface area contributed by atoms with Gasteiger partial charge in [0, 0.05) is 34.6 Å². The molecule has 104 valence electrons. The van der Waals surface area contributed by atoms with E-state index in [0.717, 1.165) is 44.2 Å². The molecule has 0 aliphatic carbocycles. The average molecular weight is 297 g/mol. The first kappa shape index (κ1) is 12.5. The fourth-order valence-electron chi connectivity index (χ4n) is 3.03. The van der Waals surface area contributed by atoms with Crippen LogP contribution in [0, 0.1) is 0 Å². The van der Waals surface area contributed by atoms with Gasteiger partial charge in [-0.1, -0.05) is 11.6 Å². The van der Waals surface area contributed by atoms with E-state index in [0.29, 0.717) is 0 Å². The van der Waals surface area contributed by atoms with Gasteiger partial charge in [0.25, 0.3) is 0 Å². The fraction of sp³-hybridized carbons (Fsp3) is 0.118. The molecule has 0 spiro atoms. The van der Waals surface area contributed by atoms with Gasteiger partial charge in [0.15, 0.2) is 0 Å². The number of benzene rings is 2. The Bertz CT molecular complexity index is 876. The molecule has 4 heteroatoms. The monoisotopic (exact) mass is 296 g/mol. The molecule has 0 saturated heterocycles. The minimum absolute atomic E-state index is 0.727. The number of halogens is 1. The Labute approximate surface area is 127 Å². The zero-order valence-electron chi connectivity index (χ0n) is 11.7. The molecule has 1 aromatic heterocycles. The topological polar surface area (TPSA) is 25.4 Å². The van der Waals surface area contributed by atoms with Gasteiger partial charge in [-0.2, -0.15) is 0 Å². The molecular formula is C17H13ClN2O. The third-order valence-corrected chi connectivity index (χ3v) is 4.26. The van der Waals surface area contributed by atoms with Gasteiger partial charge in [0.2, 0.25) is 0 Å². The summed E-state index contributed by atoms with van der Waals surface area (Å²) in [7, 11) is 3.74. The van der Waals surface area contributed by atoms with Crippen LogP contribution in [0.5, 0.6) is 5.75 Å². The van der Waals surface area contributed by atoms with Crippen LogP contribution in [0.1, 0.15) is 0 Å². The number of pyridine rings is 1. The maximum absolute atomic E-state index is 6.15. The van der Waals surface area contributed by atoms with Crippen molar-refractivity contribution in [3.05, 3.63) is 47.6 Å². The van der Waals surface area contributed by atoms with E-state index in [-0.39, 0.29) is 0 Å². The molecular weight excluding hydrogens is 284 g/mol. The largest absolute Gasteiger partial charge is 0.496 e. The molecule has 0 atom stereocenters. The maximum Gasteiger partial charge on any atom is 0.126 e. The van der Waals surface area contributed by atoms with Crippen LogP contribution in [-0.4, -0.2) is 19.1 Å². The van der Waals surface area contributed by atoms with Crippen molar-refractivity contribution in [2.45, 2.75) is 0 Å². The predicted octanol–water partition coefficient (Wildman–Crippen LogP) is 4.65. The number of rotatable bonds is 1. The van der Waals surface area contributed by atoms with E-state index in [9.17, 15) is 0 Å². The molecule has 3 nitrogen and oxygen atoms in total. The summed E-state index contributed by atoms with van der Waals surface area (Å²) in [5.41, 5.74) is 4.25. The Kier molecular flexibility index (Phi) is 2.59. The molecule has 3 aromatic rings. The molecule has 0 saturated carbocycles. The van der Waals surface area contributed by atoms with E-state index in [1.54, 1.807) is 7.11 Å². The molecule has 1 aliphatic rings. The van der Waals surface area contributed by atoms with Crippen molar-refractivity contribution in [3.63, 3.8) is 0 Å². The fourth-order valence-corrected chi connectivity index (χ4v) is 3.19. The van der Waals surface area contributed by atoms with Crippen LogP contribution in [-0.2, 0) is 0 Å². The van der Waals surface area contributed by atoms with Crippen molar-refractivity contribution < 1.29 is 4.74 Å². The van der Waals surface area contributed by atoms with E-state index in [1.165, 1.54) is 0 Å². The maximum atomic E-state index is 6.15. The van der Waals surface area contributed by atoms with Crippen LogP contribution < -0.4 is 9.64 Å². The summed E-state index contributed by atoms with van der Waals surface area (Å²) in [4.78, 5) is 6.74. The van der Waals surface area contributed by atoms with Crippen molar-refractivity contribution in [2.24, 2.45) is 0 Å². The standard InChI is InChI=1S/C17H13ClN2O/c1-20-13-5-6-15(21-2)12-7-8-19-17(16(12)13)11-4-3-10(18)9-14(11)20/h3-9H,1-2H3. The van der Waals surface area contributed by atoms with Gasteiger partial charge in [-0.15, -0.1) is 0 Å². The van der Waals surface area contributed by atoms with Crippen LogP contribution in [0.15, 0.2) is 42.6 Å². The van der Waals surface area contributed by atoms with Crippen molar-refractivity contribution in [2.75, 3.05) is 19.1 Å². The number of nitrogens with zero attached hydrogens (tertiary/aromatic N) is 2. The number of anilines is 2. The highest BCUT2D eigenvalue weighted by Crippen LogP contribution is 2.48. The van der Waals surface area contributed by atoms with Crippen molar-refractivity contribution in [1.82, 2.24) is 4.98 Å². The third-order valence-electron chi connectivity index (χ3n) is 4.02. The van der Waals surface area contributed by atoms with E-state index < -0.39 is 0 Å². The van der Waals surface area contributed by atoms with Crippen LogP contribution in [0.25, 0.3) is 22.0 Å². The lowest BCUT2D eigenvalue weighted by atomic mass is 9.95. The normalized spacial score (nSPS) is 12.4. The smallest absolute Gasteiger partial charge is 0.126 e. The molecule has 4 rings (SSSR count). The summed E-state index contributed by atoms with van der Waals surface area (Å²) < 4.78 is 5.48. The lowest BCUT2D eigenvalue weighted by Crippen LogP contribution is -2.15. The lowest BCUT2D eigenvalue weighted by Gasteiger charge is -2.30. The van der Waals surface area contributed by atoms with E-state index in [4.69, 9.17) is 16.3 Å². The number of methoxy groups -OCH3 is 1. The molecule has 0 radical (unpaired) electrons. The summed E-state index contributed by atoms with van der Waals surface area (Å²) in [6.07, 6.45) is 1.83. The van der Waals surface area contributed by atoms with Gasteiger partial charge in [0.1, 0.15) is 5.75 Å². The molecule has 1 aliphatic heterocycles. The molecule has 2 aromatic carbocycles. The van der Waals surface area contributed by atoms with Gasteiger partial charge in [-0.25, -0.2) is 0 Å². The van der Waals surface area contributed by atoms with Crippen molar-refractivity contribution in [1.29, 1.82) is 0 Å². The Hall–Kier alpha value is -2.26. The van der Waals surface area contributed by atoms with E-state index in [1.807, 2.05) is 43.6 Å². The third kappa shape index (κ3) is 1.64. The Balaban J connectivity index is 2.17. The Morgan fingerprint density at radius 1 is 1.10 bits per heavy atom. The zero-order valence-corrected chi connectivity index (χ0v) is 12.5. The molecule has 21 heavy (non-hydrogen) atoms. The van der Waals surface area contributed by atoms with E-state index in [2.05, 4.69) is 16.0 Å². The predicted molar refractivity (Wildman–Crippen MR) is 86.8 cm³/mol. The number of hydrogen-bond donors (Lipinski definition) is 0. The quantitative estimate of drug-likeness (QED) is 0.654. The van der Waals surface area contributed by atoms with Gasteiger partial charge in [0.05, 0.1) is 24.2 Å². The number of ether oxygens (including phenoxy) is 1. The number of fused-ring (bicyclic) bond motifs is 2. The van der Waals surface area contributed by atoms with Crippen molar-refractivity contribution >= 4 is 33.7 Å². The van der Waals surface area contributed by atoms with Crippen LogP contribution >= 0.6 is 11.6 Å². The number of hydrogen-bond acceptors (Lipinski definition) is 3. The Morgan fingerprint density at radius 3 is 2.76 bits per heavy atom. The molecule has 0 amide bonds. The molecule has 0 bridgehead atoms. The van der Waals surface area contributed by atoms with Gasteiger partial charge in [-0.3, -0.25) is 4.98 Å². The zero-order chi connectivity index (χ0) is 14.6. The summed E-state index contributed by atoms with van der Waals surface area (Å²) >= 11 is 6.15. The summed E-state index contributed by atoms with van der Waals surface area (Å²) in [6, 6.07) is 12.0.